The van der Waals surface area contributed by atoms with Gasteiger partial charge in [0, 0.05) is 22.1 Å². The molecule has 0 bridgehead atoms. The molecule has 86 valence electrons. The lowest BCUT2D eigenvalue weighted by molar-refractivity contribution is -0.116. The highest BCUT2D eigenvalue weighted by Gasteiger charge is 2.32. The van der Waals surface area contributed by atoms with Gasteiger partial charge >= 0.3 is 0 Å². The van der Waals surface area contributed by atoms with E-state index in [1.165, 1.54) is 6.07 Å². The molecule has 1 aliphatic rings. The number of nitrogens with two attached hydrogens (primary N) is 1. The number of ketones is 1. The van der Waals surface area contributed by atoms with Crippen LogP contribution >= 0.6 is 11.3 Å². The Morgan fingerprint density at radius 3 is 2.75 bits per heavy atom. The molecule has 1 aliphatic carbocycles. The summed E-state index contributed by atoms with van der Waals surface area (Å²) in [6, 6.07) is 1.35. The number of halogens is 2. The third-order valence-corrected chi connectivity index (χ3v) is 3.65. The van der Waals surface area contributed by atoms with Gasteiger partial charge in [0.25, 0.3) is 6.43 Å². The van der Waals surface area contributed by atoms with Crippen LogP contribution in [-0.4, -0.2) is 5.78 Å². The number of thiophene rings is 1. The van der Waals surface area contributed by atoms with Crippen molar-refractivity contribution in [1.82, 2.24) is 0 Å². The molecule has 2 rings (SSSR count). The molecule has 2 N–H and O–H groups in total. The number of carbonyl (C=O) groups is 1. The first-order chi connectivity index (χ1) is 7.52. The number of hydrogen-bond donors (Lipinski definition) is 1. The number of carbonyl (C=O) groups excluding carboxylic acids is 1. The van der Waals surface area contributed by atoms with Gasteiger partial charge in [0.1, 0.15) is 0 Å². The lowest BCUT2D eigenvalue weighted by Gasteiger charge is -2.04. The van der Waals surface area contributed by atoms with E-state index in [2.05, 4.69) is 0 Å². The van der Waals surface area contributed by atoms with Gasteiger partial charge in [0.15, 0.2) is 5.78 Å². The Hall–Kier alpha value is -1.23. The largest absolute Gasteiger partial charge is 0.401 e. The summed E-state index contributed by atoms with van der Waals surface area (Å²) in [7, 11) is 0. The molecule has 1 atom stereocenters. The number of hydrogen-bond acceptors (Lipinski definition) is 3. The molecule has 2 nitrogen and oxygen atoms in total. The second-order valence-corrected chi connectivity index (χ2v) is 4.79. The SMILES string of the molecule is CC1CC(N)=C(c2sccc2C(F)F)C1=O. The predicted molar refractivity (Wildman–Crippen MR) is 59.2 cm³/mol. The molecule has 1 aromatic rings. The molecule has 5 heteroatoms. The maximum Gasteiger partial charge on any atom is 0.265 e. The van der Waals surface area contributed by atoms with Crippen LogP contribution in [0, 0.1) is 5.92 Å². The molecule has 0 fully saturated rings. The van der Waals surface area contributed by atoms with Gasteiger partial charge in [-0.3, -0.25) is 4.79 Å². The van der Waals surface area contributed by atoms with Crippen LogP contribution < -0.4 is 5.73 Å². The average Bonchev–Trinajstić information content (AvgIpc) is 2.73. The van der Waals surface area contributed by atoms with Gasteiger partial charge in [-0.1, -0.05) is 6.92 Å². The van der Waals surface area contributed by atoms with Crippen molar-refractivity contribution < 1.29 is 13.6 Å². The normalized spacial score (nSPS) is 21.2. The molecule has 1 aromatic heterocycles. The molecular formula is C11H11F2NOS. The molecule has 0 aromatic carbocycles. The van der Waals surface area contributed by atoms with Crippen LogP contribution in [0.2, 0.25) is 0 Å². The molecule has 0 spiro atoms. The standard InChI is InChI=1S/C11H11F2NOS/c1-5-4-7(14)8(9(5)15)10-6(11(12)13)2-3-16-10/h2-3,5,11H,4,14H2,1H3. The van der Waals surface area contributed by atoms with Crippen molar-refractivity contribution >= 4 is 22.7 Å². The van der Waals surface area contributed by atoms with Crippen LogP contribution in [-0.2, 0) is 4.79 Å². The van der Waals surface area contributed by atoms with Crippen molar-refractivity contribution in [3.63, 3.8) is 0 Å². The number of Topliss-reactive ketones (excluding diaryl/α,β-unsaturated/α-hetero) is 1. The summed E-state index contributed by atoms with van der Waals surface area (Å²) >= 11 is 1.15. The fourth-order valence-corrected chi connectivity index (χ4v) is 2.87. The first kappa shape index (κ1) is 11.3. The van der Waals surface area contributed by atoms with E-state index in [-0.39, 0.29) is 17.3 Å². The van der Waals surface area contributed by atoms with Crippen molar-refractivity contribution in [1.29, 1.82) is 0 Å². The van der Waals surface area contributed by atoms with E-state index in [1.807, 2.05) is 0 Å². The van der Waals surface area contributed by atoms with E-state index < -0.39 is 6.43 Å². The van der Waals surface area contributed by atoms with Crippen molar-refractivity contribution in [3.05, 3.63) is 27.6 Å². The van der Waals surface area contributed by atoms with E-state index in [4.69, 9.17) is 5.73 Å². The fourth-order valence-electron chi connectivity index (χ4n) is 1.88. The molecule has 0 saturated carbocycles. The summed E-state index contributed by atoms with van der Waals surface area (Å²) in [5.74, 6) is -0.315. The minimum Gasteiger partial charge on any atom is -0.401 e. The Morgan fingerprint density at radius 2 is 2.25 bits per heavy atom. The lowest BCUT2D eigenvalue weighted by atomic mass is 10.0. The topological polar surface area (TPSA) is 43.1 Å². The maximum atomic E-state index is 12.7. The predicted octanol–water partition coefficient (Wildman–Crippen LogP) is 2.96. The number of allylic oxidation sites excluding steroid dienone is 2. The van der Waals surface area contributed by atoms with Crippen molar-refractivity contribution in [3.8, 4) is 0 Å². The van der Waals surface area contributed by atoms with Gasteiger partial charge in [-0.2, -0.15) is 0 Å². The molecule has 0 radical (unpaired) electrons. The third-order valence-electron chi connectivity index (χ3n) is 2.70. The zero-order chi connectivity index (χ0) is 11.9. The summed E-state index contributed by atoms with van der Waals surface area (Å²) < 4.78 is 25.4. The van der Waals surface area contributed by atoms with Crippen LogP contribution in [0.4, 0.5) is 8.78 Å². The van der Waals surface area contributed by atoms with Gasteiger partial charge in [-0.05, 0) is 17.9 Å². The highest BCUT2D eigenvalue weighted by atomic mass is 32.1. The fraction of sp³-hybridized carbons (Fsp3) is 0.364. The summed E-state index contributed by atoms with van der Waals surface area (Å²) in [6.07, 6.45) is -2.10. The molecule has 1 unspecified atom stereocenters. The minimum atomic E-state index is -2.56. The van der Waals surface area contributed by atoms with Crippen LogP contribution in [0.1, 0.15) is 30.2 Å². The Balaban J connectivity index is 2.49. The molecule has 0 saturated heterocycles. The second kappa shape index (κ2) is 3.97. The summed E-state index contributed by atoms with van der Waals surface area (Å²) in [6.45, 7) is 1.76. The van der Waals surface area contributed by atoms with Crippen molar-refractivity contribution in [2.24, 2.45) is 11.7 Å². The molecule has 1 heterocycles. The minimum absolute atomic E-state index is 0.0922. The van der Waals surface area contributed by atoms with E-state index in [0.717, 1.165) is 11.3 Å². The third kappa shape index (κ3) is 1.65. The quantitative estimate of drug-likeness (QED) is 0.867. The number of rotatable bonds is 2. The molecule has 16 heavy (non-hydrogen) atoms. The first-order valence-corrected chi connectivity index (χ1v) is 5.79. The summed E-state index contributed by atoms with van der Waals surface area (Å²) in [4.78, 5) is 12.1. The van der Waals surface area contributed by atoms with Gasteiger partial charge in [0.2, 0.25) is 0 Å². The van der Waals surface area contributed by atoms with E-state index in [1.54, 1.807) is 12.3 Å². The zero-order valence-corrected chi connectivity index (χ0v) is 9.48. The Morgan fingerprint density at radius 1 is 1.56 bits per heavy atom. The smallest absolute Gasteiger partial charge is 0.265 e. The molecular weight excluding hydrogens is 232 g/mol. The second-order valence-electron chi connectivity index (χ2n) is 3.88. The van der Waals surface area contributed by atoms with Gasteiger partial charge in [-0.15, -0.1) is 11.3 Å². The van der Waals surface area contributed by atoms with Gasteiger partial charge < -0.3 is 5.73 Å². The molecule has 0 amide bonds. The molecule has 0 aliphatic heterocycles. The maximum absolute atomic E-state index is 12.7. The van der Waals surface area contributed by atoms with Crippen LogP contribution in [0.3, 0.4) is 0 Å². The zero-order valence-electron chi connectivity index (χ0n) is 8.67. The Kier molecular flexibility index (Phi) is 2.80. The van der Waals surface area contributed by atoms with E-state index in [9.17, 15) is 13.6 Å². The summed E-state index contributed by atoms with van der Waals surface area (Å²) in [5.41, 5.74) is 6.38. The van der Waals surface area contributed by atoms with Crippen LogP contribution in [0.25, 0.3) is 5.57 Å². The van der Waals surface area contributed by atoms with E-state index >= 15 is 0 Å². The monoisotopic (exact) mass is 243 g/mol. The Bertz CT molecular complexity index is 464. The lowest BCUT2D eigenvalue weighted by Crippen LogP contribution is -2.05. The average molecular weight is 243 g/mol. The van der Waals surface area contributed by atoms with Gasteiger partial charge in [-0.25, -0.2) is 8.78 Å². The van der Waals surface area contributed by atoms with Crippen LogP contribution in [0.5, 0.6) is 0 Å². The van der Waals surface area contributed by atoms with Crippen molar-refractivity contribution in [2.75, 3.05) is 0 Å². The Labute approximate surface area is 95.8 Å². The van der Waals surface area contributed by atoms with Gasteiger partial charge in [0.05, 0.1) is 5.57 Å². The van der Waals surface area contributed by atoms with Crippen molar-refractivity contribution in [2.45, 2.75) is 19.8 Å². The highest BCUT2D eigenvalue weighted by Crippen LogP contribution is 2.39. The first-order valence-electron chi connectivity index (χ1n) is 4.91. The summed E-state index contributed by atoms with van der Waals surface area (Å²) in [5, 5.41) is 1.56. The van der Waals surface area contributed by atoms with Crippen LogP contribution in [0.15, 0.2) is 17.1 Å². The van der Waals surface area contributed by atoms with E-state index in [0.29, 0.717) is 22.6 Å². The number of alkyl halides is 2. The highest BCUT2D eigenvalue weighted by molar-refractivity contribution is 7.11.